The van der Waals surface area contributed by atoms with Crippen molar-refractivity contribution in [3.63, 3.8) is 0 Å². The molecule has 0 rings (SSSR count). The fourth-order valence-electron chi connectivity index (χ4n) is 5.01. The van der Waals surface area contributed by atoms with E-state index >= 15 is 0 Å². The second kappa shape index (κ2) is 51.1. The van der Waals surface area contributed by atoms with Crippen LogP contribution in [0.2, 0.25) is 0 Å². The Morgan fingerprint density at radius 2 is 0.469 bits per heavy atom. The summed E-state index contributed by atoms with van der Waals surface area (Å²) < 4.78 is 329. The fourth-order valence-corrected chi connectivity index (χ4v) is 5.01. The smallest absolute Gasteiger partial charge is 0.462 e. The topological polar surface area (TPSA) is 316 Å². The van der Waals surface area contributed by atoms with Gasteiger partial charge < -0.3 is 56.8 Å². The molecule has 0 atom stereocenters. The van der Waals surface area contributed by atoms with Crippen LogP contribution in [0.25, 0.3) is 0 Å². The molecule has 0 radical (unpaired) electrons. The van der Waals surface area contributed by atoms with Crippen LogP contribution in [0, 0.1) is 32.5 Å². The molecule has 0 aromatic heterocycles. The molecular weight excluding hydrogens is 1610 g/mol. The molecule has 0 saturated heterocycles. The third-order valence-electron chi connectivity index (χ3n) is 14.9. The van der Waals surface area contributed by atoms with Crippen molar-refractivity contribution in [3.05, 3.63) is 0 Å². The summed E-state index contributed by atoms with van der Waals surface area (Å²) >= 11 is 0. The van der Waals surface area contributed by atoms with Crippen molar-refractivity contribution in [1.29, 1.82) is 0 Å². The van der Waals surface area contributed by atoms with Crippen LogP contribution in [0.15, 0.2) is 0 Å². The van der Waals surface area contributed by atoms with E-state index in [-0.39, 0.29) is 19.8 Å². The van der Waals surface area contributed by atoms with Gasteiger partial charge in [0.15, 0.2) is 0 Å². The lowest BCUT2D eigenvalue weighted by Gasteiger charge is -2.21. The van der Waals surface area contributed by atoms with Crippen LogP contribution in [0.1, 0.15) is 176 Å². The minimum atomic E-state index is -6.02. The Bertz CT molecular complexity index is 2930. The molecule has 0 saturated carbocycles. The predicted molar refractivity (Wildman–Crippen MR) is 341 cm³/mol. The molecule has 0 heterocycles. The van der Waals surface area contributed by atoms with Gasteiger partial charge in [0.05, 0.1) is 38.9 Å². The van der Waals surface area contributed by atoms with Gasteiger partial charge in [-0.25, -0.2) is 46.3 Å². The van der Waals surface area contributed by atoms with Crippen LogP contribution in [0.4, 0.5) is 101 Å². The highest BCUT2D eigenvalue weighted by Crippen LogP contribution is 2.37. The molecule has 0 amide bonds. The molecule has 0 aromatic carbocycles. The Morgan fingerprint density at radius 1 is 0.265 bits per heavy atom. The maximum Gasteiger partial charge on any atom is 0.490 e. The number of rotatable bonds is 39. The second-order valence-electron chi connectivity index (χ2n) is 26.7. The summed E-state index contributed by atoms with van der Waals surface area (Å²) in [5, 5.41) is 0. The van der Waals surface area contributed by atoms with Gasteiger partial charge in [-0.1, -0.05) is 41.5 Å². The largest absolute Gasteiger partial charge is 0.490 e. The summed E-state index contributed by atoms with van der Waals surface area (Å²) in [4.78, 5) is 132. The Morgan fingerprint density at radius 3 is 0.664 bits per heavy atom. The van der Waals surface area contributed by atoms with Crippen LogP contribution >= 0.6 is 0 Å². The molecule has 0 aliphatic heterocycles. The standard InChI is InChI=1S/C12H17F5O4.C12H18F4O4.C11H15F5O4.C11H16F4O4.C10H15F3O4.C10H16F2O4/c1-4-10(2,3)8(18)20-5-6-21-9(19)11(13,14)7-12(15,16)17;1-4-11(2,3)9(17)19-5-6-20-10(18)12(15,16)7-8(13)14;1-4-9(2,3)7(17)19-5-6-20-8(18)10(12,13)11(14,15)16;1-4-10(2,3)8(16)18-5-6-19-9(17)11(14,15)7(12)13;1-4-9(2,3)7(14)16-5-6-17-8(15)10(11,12)13;1-4-10(2,3)9(14)16-6-5-15-8(13)7(11)12/h4-7H2,1-3H3;8H,4-7H2,1-3H3;4-6H2,1-3H3;7H,4-6H2,1-3H3;4-6H2,1-3H3;7H,4-6H2,1-3H3. The molecule has 666 valence electrons. The van der Waals surface area contributed by atoms with Crippen molar-refractivity contribution in [2.24, 2.45) is 32.5 Å². The zero-order valence-electron chi connectivity index (χ0n) is 64.9. The molecule has 0 aliphatic rings. The quantitative estimate of drug-likeness (QED) is 0.0239. The van der Waals surface area contributed by atoms with Crippen LogP contribution in [-0.2, 0) is 114 Å². The van der Waals surface area contributed by atoms with E-state index in [2.05, 4.69) is 47.4 Å². The molecule has 113 heavy (non-hydrogen) atoms. The maximum absolute atomic E-state index is 12.8. The number of carbonyl (C=O) groups is 12. The first-order valence-corrected chi connectivity index (χ1v) is 33.3. The van der Waals surface area contributed by atoms with Crippen molar-refractivity contribution < 1.29 is 215 Å². The lowest BCUT2D eigenvalue weighted by atomic mass is 9.91. The van der Waals surface area contributed by atoms with Gasteiger partial charge in [0, 0.05) is 0 Å². The van der Waals surface area contributed by atoms with E-state index in [0.717, 1.165) is 0 Å². The first-order valence-electron chi connectivity index (χ1n) is 33.3. The lowest BCUT2D eigenvalue weighted by molar-refractivity contribution is -0.280. The number of esters is 12. The van der Waals surface area contributed by atoms with Crippen LogP contribution < -0.4 is 0 Å². The van der Waals surface area contributed by atoms with Crippen LogP contribution in [0.3, 0.4) is 0 Å². The number of halogens is 23. The summed E-state index contributed by atoms with van der Waals surface area (Å²) in [7, 11) is 0. The van der Waals surface area contributed by atoms with Crippen molar-refractivity contribution in [2.75, 3.05) is 79.3 Å². The van der Waals surface area contributed by atoms with Gasteiger partial charge in [0.25, 0.3) is 0 Å². The van der Waals surface area contributed by atoms with E-state index in [4.69, 9.17) is 9.47 Å². The minimum Gasteiger partial charge on any atom is -0.462 e. The van der Waals surface area contributed by atoms with E-state index in [1.54, 1.807) is 118 Å². The number of hydrogen-bond acceptors (Lipinski definition) is 24. The predicted octanol–water partition coefficient (Wildman–Crippen LogP) is 14.9. The Kier molecular flexibility index (Phi) is 52.4. The highest BCUT2D eigenvalue weighted by Gasteiger charge is 2.65. The molecule has 0 N–H and O–H groups in total. The molecule has 0 aliphatic carbocycles. The Labute approximate surface area is 635 Å². The molecule has 0 aromatic rings. The Hall–Kier alpha value is -7.97. The minimum absolute atomic E-state index is 0.208. The van der Waals surface area contributed by atoms with E-state index in [0.29, 0.717) is 38.5 Å². The van der Waals surface area contributed by atoms with Gasteiger partial charge in [-0.3, -0.25) is 28.8 Å². The summed E-state index contributed by atoms with van der Waals surface area (Å²) in [5.74, 6) is -36.1. The van der Waals surface area contributed by atoms with E-state index in [1.165, 1.54) is 0 Å². The maximum atomic E-state index is 12.8. The molecule has 0 bridgehead atoms. The van der Waals surface area contributed by atoms with Gasteiger partial charge in [0.2, 0.25) is 6.43 Å². The molecular formula is C66H97F23O24. The highest BCUT2D eigenvalue weighted by atomic mass is 19.4. The summed E-state index contributed by atoms with van der Waals surface area (Å²) in [5.41, 5.74) is -4.41. The third-order valence-corrected chi connectivity index (χ3v) is 14.9. The normalized spacial score (nSPS) is 12.4. The van der Waals surface area contributed by atoms with Gasteiger partial charge >= 0.3 is 127 Å². The summed E-state index contributed by atoms with van der Waals surface area (Å²) in [6.07, 6.45) is -28.3. The monoisotopic (exact) mass is 1710 g/mol. The van der Waals surface area contributed by atoms with Gasteiger partial charge in [-0.05, 0) is 122 Å². The summed E-state index contributed by atoms with van der Waals surface area (Å²) in [6, 6.07) is 0. The van der Waals surface area contributed by atoms with Crippen molar-refractivity contribution in [3.8, 4) is 0 Å². The first kappa shape index (κ1) is 116. The molecule has 47 heteroatoms. The SMILES string of the molecule is CCC(C)(C)C(=O)OCCOC(=O)C(F)(F)C(F)(F)F.CCC(C)(C)C(=O)OCCOC(=O)C(F)(F)C(F)F.CCC(C)(C)C(=O)OCCOC(=O)C(F)(F)CC(F)(F)F.CCC(C)(C)C(=O)OCCOC(=O)C(F)(F)CC(F)F.CCC(C)(C)C(=O)OCCOC(=O)C(F)(F)F.CCC(C)(C)C(=O)OCCOC(=O)C(F)F. The molecule has 0 spiro atoms. The van der Waals surface area contributed by atoms with E-state index in [1.807, 2.05) is 6.92 Å². The number of alkyl halides is 23. The zero-order chi connectivity index (χ0) is 90.8. The number of carbonyl (C=O) groups excluding carboxylic acids is 12. The fraction of sp³-hybridized carbons (Fsp3) is 0.818. The van der Waals surface area contributed by atoms with Gasteiger partial charge in [0.1, 0.15) is 85.7 Å². The lowest BCUT2D eigenvalue weighted by Crippen LogP contribution is -2.45. The Balaban J connectivity index is -0.000000305. The van der Waals surface area contributed by atoms with Crippen molar-refractivity contribution in [1.82, 2.24) is 0 Å². The third kappa shape index (κ3) is 49.4. The number of ether oxygens (including phenoxy) is 12. The average Bonchev–Trinajstić information content (AvgIpc) is 0.809. The van der Waals surface area contributed by atoms with Crippen LogP contribution in [0.5, 0.6) is 0 Å². The zero-order valence-corrected chi connectivity index (χ0v) is 64.9. The number of hydrogen-bond donors (Lipinski definition) is 0. The van der Waals surface area contributed by atoms with Gasteiger partial charge in [-0.2, -0.15) is 83.4 Å². The van der Waals surface area contributed by atoms with E-state index in [9.17, 15) is 159 Å². The second-order valence-corrected chi connectivity index (χ2v) is 26.7. The summed E-state index contributed by atoms with van der Waals surface area (Å²) in [6.45, 7) is 23.7. The van der Waals surface area contributed by atoms with E-state index < -0.39 is 238 Å². The van der Waals surface area contributed by atoms with Gasteiger partial charge in [-0.15, -0.1) is 0 Å². The molecule has 0 fully saturated rings. The average molecular weight is 1710 g/mol. The first-order chi connectivity index (χ1) is 50.7. The molecule has 0 unspecified atom stereocenters. The van der Waals surface area contributed by atoms with Crippen molar-refractivity contribution >= 4 is 71.6 Å². The highest BCUT2D eigenvalue weighted by molar-refractivity contribution is 5.81. The van der Waals surface area contributed by atoms with Crippen LogP contribution in [-0.4, -0.2) is 212 Å². The molecule has 24 nitrogen and oxygen atoms in total. The van der Waals surface area contributed by atoms with Crippen molar-refractivity contribution in [2.45, 2.75) is 237 Å².